The average Bonchev–Trinajstić information content (AvgIpc) is 2.61. The Labute approximate surface area is 97.2 Å². The Kier molecular flexibility index (Phi) is 2.93. The Morgan fingerprint density at radius 1 is 1.50 bits per heavy atom. The number of hydrogen-bond donors (Lipinski definition) is 2. The molecule has 1 aliphatic rings. The van der Waals surface area contributed by atoms with Crippen molar-refractivity contribution in [1.82, 2.24) is 15.1 Å². The highest BCUT2D eigenvalue weighted by Crippen LogP contribution is 2.26. The molecule has 1 fully saturated rings. The van der Waals surface area contributed by atoms with Gasteiger partial charge < -0.3 is 11.1 Å². The van der Waals surface area contributed by atoms with E-state index in [1.54, 1.807) is 0 Å². The van der Waals surface area contributed by atoms with E-state index < -0.39 is 0 Å². The molecule has 0 spiro atoms. The van der Waals surface area contributed by atoms with Crippen molar-refractivity contribution in [3.63, 3.8) is 0 Å². The van der Waals surface area contributed by atoms with E-state index in [-0.39, 0.29) is 5.41 Å². The predicted octanol–water partition coefficient (Wildman–Crippen LogP) is 1.69. The Morgan fingerprint density at radius 2 is 2.25 bits per heavy atom. The molecule has 0 saturated carbocycles. The predicted molar refractivity (Wildman–Crippen MR) is 66.5 cm³/mol. The van der Waals surface area contributed by atoms with E-state index in [9.17, 15) is 0 Å². The van der Waals surface area contributed by atoms with Crippen LogP contribution in [0.1, 0.15) is 45.3 Å². The van der Waals surface area contributed by atoms with Gasteiger partial charge in [0.1, 0.15) is 5.82 Å². The maximum Gasteiger partial charge on any atom is 0.122 e. The summed E-state index contributed by atoms with van der Waals surface area (Å²) < 4.78 is 1.99. The van der Waals surface area contributed by atoms with Crippen molar-refractivity contribution in [3.05, 3.63) is 11.8 Å². The van der Waals surface area contributed by atoms with Crippen molar-refractivity contribution in [1.29, 1.82) is 0 Å². The quantitative estimate of drug-likeness (QED) is 0.760. The van der Waals surface area contributed by atoms with Crippen molar-refractivity contribution in [2.75, 3.05) is 18.8 Å². The zero-order chi connectivity index (χ0) is 11.8. The van der Waals surface area contributed by atoms with Gasteiger partial charge in [-0.05, 0) is 19.4 Å². The summed E-state index contributed by atoms with van der Waals surface area (Å²) in [5, 5.41) is 8.05. The molecule has 0 radical (unpaired) electrons. The number of nitrogens with one attached hydrogen (secondary N) is 1. The molecule has 1 aromatic rings. The summed E-state index contributed by atoms with van der Waals surface area (Å²) in [6.07, 6.45) is 2.37. The van der Waals surface area contributed by atoms with Gasteiger partial charge in [0.2, 0.25) is 0 Å². The minimum absolute atomic E-state index is 0.0709. The normalized spacial score (nSPS) is 22.3. The average molecular weight is 222 g/mol. The molecule has 1 aromatic heterocycles. The fraction of sp³-hybridized carbons (Fsp3) is 0.750. The smallest absolute Gasteiger partial charge is 0.122 e. The van der Waals surface area contributed by atoms with Crippen LogP contribution in [0.2, 0.25) is 0 Å². The minimum Gasteiger partial charge on any atom is -0.384 e. The van der Waals surface area contributed by atoms with Crippen LogP contribution in [-0.2, 0) is 5.41 Å². The third-order valence-electron chi connectivity index (χ3n) is 3.15. The fourth-order valence-electron chi connectivity index (χ4n) is 2.11. The van der Waals surface area contributed by atoms with Gasteiger partial charge in [-0.25, -0.2) is 4.68 Å². The maximum atomic E-state index is 6.04. The molecular formula is C12H22N4. The van der Waals surface area contributed by atoms with Crippen LogP contribution < -0.4 is 11.1 Å². The number of hydrogen-bond acceptors (Lipinski definition) is 3. The first-order valence-electron chi connectivity index (χ1n) is 6.05. The van der Waals surface area contributed by atoms with E-state index in [1.165, 1.54) is 12.8 Å². The number of nitrogens with two attached hydrogens (primary N) is 1. The zero-order valence-corrected chi connectivity index (χ0v) is 10.5. The lowest BCUT2D eigenvalue weighted by Gasteiger charge is -2.24. The second-order valence-corrected chi connectivity index (χ2v) is 5.65. The van der Waals surface area contributed by atoms with Gasteiger partial charge in [-0.3, -0.25) is 0 Å². The summed E-state index contributed by atoms with van der Waals surface area (Å²) in [4.78, 5) is 0. The van der Waals surface area contributed by atoms with Crippen LogP contribution in [0.15, 0.2) is 6.07 Å². The highest BCUT2D eigenvalue weighted by atomic mass is 15.3. The number of aromatic nitrogens is 2. The second kappa shape index (κ2) is 4.09. The summed E-state index contributed by atoms with van der Waals surface area (Å²) in [7, 11) is 0. The number of nitrogens with zero attached hydrogens (tertiary/aromatic N) is 2. The molecule has 3 N–H and O–H groups in total. The van der Waals surface area contributed by atoms with Gasteiger partial charge in [0.05, 0.1) is 11.7 Å². The lowest BCUT2D eigenvalue weighted by molar-refractivity contribution is 0.346. The van der Waals surface area contributed by atoms with Crippen molar-refractivity contribution >= 4 is 5.82 Å². The Balaban J connectivity index is 2.24. The monoisotopic (exact) mass is 222 g/mol. The molecule has 2 rings (SSSR count). The van der Waals surface area contributed by atoms with Crippen molar-refractivity contribution in [3.8, 4) is 0 Å². The molecule has 0 aliphatic carbocycles. The topological polar surface area (TPSA) is 55.9 Å². The molecule has 0 amide bonds. The van der Waals surface area contributed by atoms with Crippen LogP contribution in [0.5, 0.6) is 0 Å². The molecule has 0 unspecified atom stereocenters. The van der Waals surface area contributed by atoms with Crippen molar-refractivity contribution in [2.24, 2.45) is 0 Å². The van der Waals surface area contributed by atoms with Crippen molar-refractivity contribution in [2.45, 2.75) is 45.1 Å². The van der Waals surface area contributed by atoms with E-state index in [0.29, 0.717) is 6.04 Å². The van der Waals surface area contributed by atoms with Gasteiger partial charge in [0.25, 0.3) is 0 Å². The van der Waals surface area contributed by atoms with E-state index >= 15 is 0 Å². The van der Waals surface area contributed by atoms with E-state index in [0.717, 1.165) is 24.6 Å². The van der Waals surface area contributed by atoms with E-state index in [4.69, 9.17) is 5.73 Å². The summed E-state index contributed by atoms with van der Waals surface area (Å²) in [6, 6.07) is 2.43. The summed E-state index contributed by atoms with van der Waals surface area (Å²) in [5.74, 6) is 0.790. The Morgan fingerprint density at radius 3 is 2.75 bits per heavy atom. The molecule has 0 bridgehead atoms. The molecule has 1 saturated heterocycles. The molecule has 1 atom stereocenters. The third-order valence-corrected chi connectivity index (χ3v) is 3.15. The molecule has 0 aromatic carbocycles. The van der Waals surface area contributed by atoms with Gasteiger partial charge in [0.15, 0.2) is 0 Å². The Bertz CT molecular complexity index is 356. The van der Waals surface area contributed by atoms with E-state index in [1.807, 2.05) is 10.7 Å². The van der Waals surface area contributed by atoms with Gasteiger partial charge in [-0.2, -0.15) is 5.10 Å². The van der Waals surface area contributed by atoms with Crippen LogP contribution in [0, 0.1) is 0 Å². The van der Waals surface area contributed by atoms with Gasteiger partial charge in [-0.15, -0.1) is 0 Å². The van der Waals surface area contributed by atoms with Gasteiger partial charge in [0, 0.05) is 18.0 Å². The SMILES string of the molecule is CC(C)(C)c1cc(N)n([C@@H]2CCCNC2)n1. The highest BCUT2D eigenvalue weighted by molar-refractivity contribution is 5.34. The highest BCUT2D eigenvalue weighted by Gasteiger charge is 2.23. The standard InChI is InChI=1S/C12H22N4/c1-12(2,3)10-7-11(13)16(15-10)9-5-4-6-14-8-9/h7,9,14H,4-6,8,13H2,1-3H3/t9-/m1/s1. The molecule has 16 heavy (non-hydrogen) atoms. The molecule has 90 valence electrons. The molecule has 4 heteroatoms. The van der Waals surface area contributed by atoms with Crippen LogP contribution in [0.3, 0.4) is 0 Å². The zero-order valence-electron chi connectivity index (χ0n) is 10.5. The molecule has 4 nitrogen and oxygen atoms in total. The Hall–Kier alpha value is -1.03. The number of rotatable bonds is 1. The van der Waals surface area contributed by atoms with Crippen molar-refractivity contribution < 1.29 is 0 Å². The van der Waals surface area contributed by atoms with Crippen LogP contribution in [0.4, 0.5) is 5.82 Å². The third kappa shape index (κ3) is 2.21. The van der Waals surface area contributed by atoms with Gasteiger partial charge >= 0.3 is 0 Å². The lowest BCUT2D eigenvalue weighted by atomic mass is 9.92. The first kappa shape index (κ1) is 11.5. The fourth-order valence-corrected chi connectivity index (χ4v) is 2.11. The summed E-state index contributed by atoms with van der Waals surface area (Å²) in [6.45, 7) is 8.59. The van der Waals surface area contributed by atoms with Crippen LogP contribution >= 0.6 is 0 Å². The number of anilines is 1. The molecular weight excluding hydrogens is 200 g/mol. The number of piperidine rings is 1. The van der Waals surface area contributed by atoms with Gasteiger partial charge in [-0.1, -0.05) is 20.8 Å². The number of nitrogen functional groups attached to an aromatic ring is 1. The lowest BCUT2D eigenvalue weighted by Crippen LogP contribution is -2.32. The van der Waals surface area contributed by atoms with Crippen LogP contribution in [0.25, 0.3) is 0 Å². The van der Waals surface area contributed by atoms with Crippen LogP contribution in [-0.4, -0.2) is 22.9 Å². The summed E-state index contributed by atoms with van der Waals surface area (Å²) >= 11 is 0. The first-order chi connectivity index (χ1) is 7.48. The minimum atomic E-state index is 0.0709. The second-order valence-electron chi connectivity index (χ2n) is 5.65. The molecule has 2 heterocycles. The first-order valence-corrected chi connectivity index (χ1v) is 6.05. The summed E-state index contributed by atoms with van der Waals surface area (Å²) in [5.41, 5.74) is 7.19. The maximum absolute atomic E-state index is 6.04. The largest absolute Gasteiger partial charge is 0.384 e. The van der Waals surface area contributed by atoms with E-state index in [2.05, 4.69) is 31.2 Å². The molecule has 1 aliphatic heterocycles.